The highest BCUT2D eigenvalue weighted by Gasteiger charge is 2.22. The lowest BCUT2D eigenvalue weighted by atomic mass is 10.2. The van der Waals surface area contributed by atoms with Gasteiger partial charge >= 0.3 is 0 Å². The van der Waals surface area contributed by atoms with Crippen LogP contribution in [0.25, 0.3) is 0 Å². The van der Waals surface area contributed by atoms with Crippen LogP contribution in [0.2, 0.25) is 0 Å². The van der Waals surface area contributed by atoms with Crippen LogP contribution < -0.4 is 4.72 Å². The number of nitrogens with zero attached hydrogens (tertiary/aromatic N) is 1. The Morgan fingerprint density at radius 1 is 1.09 bits per heavy atom. The number of hydrogen-bond acceptors (Lipinski definition) is 5. The first-order valence-corrected chi connectivity index (χ1v) is 10.0. The second-order valence-electron chi connectivity index (χ2n) is 4.81. The maximum absolute atomic E-state index is 12.3. The fourth-order valence-electron chi connectivity index (χ4n) is 1.76. The van der Waals surface area contributed by atoms with Crippen molar-refractivity contribution in [2.24, 2.45) is 0 Å². The van der Waals surface area contributed by atoms with Crippen LogP contribution in [0.5, 0.6) is 0 Å². The lowest BCUT2D eigenvalue weighted by Crippen LogP contribution is -2.23. The Bertz CT molecular complexity index is 870. The van der Waals surface area contributed by atoms with Crippen LogP contribution in [-0.2, 0) is 20.0 Å². The highest BCUT2D eigenvalue weighted by Crippen LogP contribution is 2.25. The quantitative estimate of drug-likeness (QED) is 0.885. The molecule has 2 rings (SSSR count). The van der Waals surface area contributed by atoms with E-state index in [0.717, 1.165) is 15.6 Å². The maximum Gasteiger partial charge on any atom is 0.271 e. The molecule has 0 amide bonds. The SMILES string of the molecule is Cc1ccc(NS(=O)(=O)c2cccs2)cc1S(=O)(=O)N(C)C. The summed E-state index contributed by atoms with van der Waals surface area (Å²) in [5, 5.41) is 1.66. The Kier molecular flexibility index (Phi) is 4.62. The third kappa shape index (κ3) is 3.32. The van der Waals surface area contributed by atoms with Crippen molar-refractivity contribution in [3.05, 3.63) is 41.3 Å². The van der Waals surface area contributed by atoms with Crippen LogP contribution in [0.3, 0.4) is 0 Å². The van der Waals surface area contributed by atoms with E-state index in [9.17, 15) is 16.8 Å². The molecule has 0 bridgehead atoms. The van der Waals surface area contributed by atoms with Gasteiger partial charge in [0.25, 0.3) is 10.0 Å². The summed E-state index contributed by atoms with van der Waals surface area (Å²) in [6.07, 6.45) is 0. The average Bonchev–Trinajstić information content (AvgIpc) is 2.95. The highest BCUT2D eigenvalue weighted by atomic mass is 32.2. The lowest BCUT2D eigenvalue weighted by molar-refractivity contribution is 0.520. The third-order valence-electron chi connectivity index (χ3n) is 2.96. The van der Waals surface area contributed by atoms with Gasteiger partial charge in [-0.15, -0.1) is 11.3 Å². The number of rotatable bonds is 5. The summed E-state index contributed by atoms with van der Waals surface area (Å²) in [5.41, 5.74) is 0.757. The van der Waals surface area contributed by atoms with Crippen molar-refractivity contribution in [2.45, 2.75) is 16.0 Å². The summed E-state index contributed by atoms with van der Waals surface area (Å²) in [5.74, 6) is 0. The van der Waals surface area contributed by atoms with E-state index in [1.165, 1.54) is 32.3 Å². The Morgan fingerprint density at radius 3 is 2.32 bits per heavy atom. The smallest absolute Gasteiger partial charge is 0.271 e. The minimum absolute atomic E-state index is 0.0730. The van der Waals surface area contributed by atoms with Crippen LogP contribution in [-0.4, -0.2) is 35.2 Å². The van der Waals surface area contributed by atoms with Crippen LogP contribution in [0.4, 0.5) is 5.69 Å². The molecule has 0 unspecified atom stereocenters. The molecule has 0 radical (unpaired) electrons. The van der Waals surface area contributed by atoms with E-state index < -0.39 is 20.0 Å². The molecule has 0 aliphatic carbocycles. The molecule has 2 aromatic rings. The molecule has 0 saturated heterocycles. The number of thiophene rings is 1. The van der Waals surface area contributed by atoms with Crippen LogP contribution in [0, 0.1) is 6.92 Å². The van der Waals surface area contributed by atoms with E-state index >= 15 is 0 Å². The van der Waals surface area contributed by atoms with Gasteiger partial charge in [-0.3, -0.25) is 4.72 Å². The van der Waals surface area contributed by atoms with Crippen molar-refractivity contribution >= 4 is 37.1 Å². The summed E-state index contributed by atoms with van der Waals surface area (Å²) in [6, 6.07) is 7.56. The molecule has 1 heterocycles. The molecule has 0 aliphatic rings. The third-order valence-corrected chi connectivity index (χ3v) is 7.69. The average molecular weight is 360 g/mol. The van der Waals surface area contributed by atoms with Crippen molar-refractivity contribution in [3.63, 3.8) is 0 Å². The minimum atomic E-state index is -3.71. The van der Waals surface area contributed by atoms with E-state index in [0.29, 0.717) is 5.56 Å². The fraction of sp³-hybridized carbons (Fsp3) is 0.231. The van der Waals surface area contributed by atoms with Gasteiger partial charge in [-0.25, -0.2) is 21.1 Å². The molecular weight excluding hydrogens is 344 g/mol. The Hall–Kier alpha value is -1.42. The normalized spacial score (nSPS) is 12.5. The summed E-state index contributed by atoms with van der Waals surface area (Å²) >= 11 is 1.09. The molecule has 0 spiro atoms. The summed E-state index contributed by atoms with van der Waals surface area (Å²) in [7, 11) is -4.49. The molecule has 0 atom stereocenters. The number of aryl methyl sites for hydroxylation is 1. The second-order valence-corrected chi connectivity index (χ2v) is 9.78. The lowest BCUT2D eigenvalue weighted by Gasteiger charge is -2.15. The Labute approximate surface area is 134 Å². The van der Waals surface area contributed by atoms with Crippen LogP contribution in [0.15, 0.2) is 44.8 Å². The molecule has 120 valence electrons. The zero-order valence-corrected chi connectivity index (χ0v) is 14.7. The first-order chi connectivity index (χ1) is 10.1. The molecular formula is C13H16N2O4S3. The number of nitrogens with one attached hydrogen (secondary N) is 1. The van der Waals surface area contributed by atoms with Gasteiger partial charge in [0.05, 0.1) is 10.6 Å². The van der Waals surface area contributed by atoms with Crippen molar-refractivity contribution in [2.75, 3.05) is 18.8 Å². The maximum atomic E-state index is 12.3. The van der Waals surface area contributed by atoms with E-state index in [1.54, 1.807) is 24.4 Å². The van der Waals surface area contributed by atoms with Gasteiger partial charge in [0.15, 0.2) is 0 Å². The molecule has 1 aromatic heterocycles. The number of anilines is 1. The van der Waals surface area contributed by atoms with Crippen LogP contribution >= 0.6 is 11.3 Å². The van der Waals surface area contributed by atoms with Gasteiger partial charge in [0.1, 0.15) is 4.21 Å². The van der Waals surface area contributed by atoms with Gasteiger partial charge in [-0.05, 0) is 36.1 Å². The fourth-order valence-corrected chi connectivity index (χ4v) is 4.95. The first kappa shape index (κ1) is 16.9. The number of hydrogen-bond donors (Lipinski definition) is 1. The molecule has 1 aromatic carbocycles. The predicted molar refractivity (Wildman–Crippen MR) is 87.2 cm³/mol. The van der Waals surface area contributed by atoms with Gasteiger partial charge in [-0.1, -0.05) is 12.1 Å². The predicted octanol–water partition coefficient (Wildman–Crippen LogP) is 2.11. The molecule has 0 saturated carbocycles. The molecule has 0 fully saturated rings. The molecule has 1 N–H and O–H groups in total. The first-order valence-electron chi connectivity index (χ1n) is 6.24. The van der Waals surface area contributed by atoms with Crippen molar-refractivity contribution in [1.82, 2.24) is 4.31 Å². The molecule has 0 aliphatic heterocycles. The van der Waals surface area contributed by atoms with E-state index in [1.807, 2.05) is 0 Å². The molecule has 9 heteroatoms. The zero-order valence-electron chi connectivity index (χ0n) is 12.3. The van der Waals surface area contributed by atoms with Crippen molar-refractivity contribution in [3.8, 4) is 0 Å². The zero-order chi connectivity index (χ0) is 16.5. The number of sulfonamides is 2. The highest BCUT2D eigenvalue weighted by molar-refractivity contribution is 7.94. The topological polar surface area (TPSA) is 83.5 Å². The van der Waals surface area contributed by atoms with E-state index in [4.69, 9.17) is 0 Å². The minimum Gasteiger partial charge on any atom is -0.279 e. The molecule has 6 nitrogen and oxygen atoms in total. The monoisotopic (exact) mass is 360 g/mol. The summed E-state index contributed by atoms with van der Waals surface area (Å²) in [6.45, 7) is 1.66. The molecule has 22 heavy (non-hydrogen) atoms. The van der Waals surface area contributed by atoms with E-state index in [2.05, 4.69) is 4.72 Å². The standard InChI is InChI=1S/C13H16N2O4S3/c1-10-6-7-11(9-12(10)22(18,19)15(2)3)14-21(16,17)13-5-4-8-20-13/h4-9,14H,1-3H3. The Balaban J connectivity index is 2.44. The second kappa shape index (κ2) is 5.99. The Morgan fingerprint density at radius 2 is 1.77 bits per heavy atom. The summed E-state index contributed by atoms with van der Waals surface area (Å²) < 4.78 is 52.5. The largest absolute Gasteiger partial charge is 0.279 e. The van der Waals surface area contributed by atoms with Crippen LogP contribution in [0.1, 0.15) is 5.56 Å². The van der Waals surface area contributed by atoms with E-state index in [-0.39, 0.29) is 14.8 Å². The van der Waals surface area contributed by atoms with Crippen molar-refractivity contribution in [1.29, 1.82) is 0 Å². The van der Waals surface area contributed by atoms with Crippen molar-refractivity contribution < 1.29 is 16.8 Å². The van der Waals surface area contributed by atoms with Gasteiger partial charge in [-0.2, -0.15) is 0 Å². The number of benzene rings is 1. The van der Waals surface area contributed by atoms with Gasteiger partial charge in [0, 0.05) is 14.1 Å². The van der Waals surface area contributed by atoms with Gasteiger partial charge < -0.3 is 0 Å². The summed E-state index contributed by atoms with van der Waals surface area (Å²) in [4.78, 5) is 0.0730. The van der Waals surface area contributed by atoms with Gasteiger partial charge in [0.2, 0.25) is 10.0 Å².